The molecule has 1 atom stereocenters. The molecule has 0 aromatic heterocycles. The fourth-order valence-corrected chi connectivity index (χ4v) is 0.744. The van der Waals surface area contributed by atoms with E-state index in [2.05, 4.69) is 6.92 Å². The van der Waals surface area contributed by atoms with Gasteiger partial charge in [0.1, 0.15) is 0 Å². The number of carboxylic acid groups (broad SMARTS) is 1. The molecule has 0 bridgehead atoms. The van der Waals surface area contributed by atoms with Gasteiger partial charge in [-0.2, -0.15) is 0 Å². The molecule has 0 spiro atoms. The highest BCUT2D eigenvalue weighted by atomic mass is 16.4. The lowest BCUT2D eigenvalue weighted by atomic mass is 9.99. The summed E-state index contributed by atoms with van der Waals surface area (Å²) in [5.41, 5.74) is 0.204. The molecule has 0 amide bonds. The monoisotopic (exact) mass is 142 g/mol. The molecule has 0 aromatic carbocycles. The number of carboxylic acids is 1. The molecule has 10 heavy (non-hydrogen) atoms. The molecule has 1 unspecified atom stereocenters. The van der Waals surface area contributed by atoms with E-state index in [0.717, 1.165) is 0 Å². The summed E-state index contributed by atoms with van der Waals surface area (Å²) in [6.07, 6.45) is 0.758. The van der Waals surface area contributed by atoms with Crippen LogP contribution < -0.4 is 0 Å². The predicted molar refractivity (Wildman–Crippen MR) is 39.1 cm³/mol. The van der Waals surface area contributed by atoms with Crippen LogP contribution in [0.1, 0.15) is 19.8 Å². The Morgan fingerprint density at radius 1 is 1.80 bits per heavy atom. The minimum absolute atomic E-state index is 0.204. The van der Waals surface area contributed by atoms with E-state index in [4.69, 9.17) is 10.5 Å². The number of hydrogen-bond acceptors (Lipinski definition) is 2. The van der Waals surface area contributed by atoms with Crippen molar-refractivity contribution in [2.24, 2.45) is 5.92 Å². The Morgan fingerprint density at radius 3 is 2.40 bits per heavy atom. The maximum Gasteiger partial charge on any atom is 0.312 e. The summed E-state index contributed by atoms with van der Waals surface area (Å²) >= 11 is 0. The van der Waals surface area contributed by atoms with Crippen molar-refractivity contribution in [3.63, 3.8) is 0 Å². The topological polar surface area (TPSA) is 61.2 Å². The Balaban J connectivity index is 4.06. The fourth-order valence-electron chi connectivity index (χ4n) is 0.744. The van der Waals surface area contributed by atoms with Crippen LogP contribution in [0.15, 0.2) is 0 Å². The molecule has 3 nitrogen and oxygen atoms in total. The van der Waals surface area contributed by atoms with Crippen molar-refractivity contribution in [3.05, 3.63) is 6.92 Å². The largest absolute Gasteiger partial charge is 0.481 e. The lowest BCUT2D eigenvalue weighted by Gasteiger charge is -2.07. The Morgan fingerprint density at radius 2 is 2.30 bits per heavy atom. The van der Waals surface area contributed by atoms with E-state index in [1.807, 2.05) is 0 Å². The van der Waals surface area contributed by atoms with Gasteiger partial charge in [-0.1, -0.05) is 6.92 Å². The second kappa shape index (κ2) is 4.04. The molecule has 2 N–H and O–H groups in total. The van der Waals surface area contributed by atoms with Crippen LogP contribution in [0.5, 0.6) is 0 Å². The number of carbonyl (C=O) groups is 1. The van der Waals surface area contributed by atoms with Crippen molar-refractivity contribution in [2.75, 3.05) is 0 Å². The van der Waals surface area contributed by atoms with Gasteiger partial charge in [-0.15, -0.1) is 0 Å². The maximum absolute atomic E-state index is 10.4. The molecule has 0 saturated heterocycles. The molecule has 57 valence electrons. The highest BCUT2D eigenvalue weighted by Gasteiger charge is 2.18. The lowest BCUT2D eigenvalue weighted by Crippen LogP contribution is -2.21. The third-order valence-corrected chi connectivity index (χ3v) is 1.40. The Hall–Kier alpha value is -0.860. The van der Waals surface area contributed by atoms with Gasteiger partial charge >= 0.3 is 5.97 Å². The van der Waals surface area contributed by atoms with Gasteiger partial charge in [-0.05, 0) is 19.8 Å². The molecule has 0 aliphatic heterocycles. The zero-order valence-corrected chi connectivity index (χ0v) is 6.05. The molecule has 0 heterocycles. The second-order valence-electron chi connectivity index (χ2n) is 2.07. The van der Waals surface area contributed by atoms with Crippen LogP contribution in [0, 0.1) is 18.3 Å². The highest BCUT2D eigenvalue weighted by Crippen LogP contribution is 2.06. The van der Waals surface area contributed by atoms with Crippen LogP contribution in [0.25, 0.3) is 0 Å². The standard InChI is InChI=1S/C7H12NO2/c1-3-5(7(9)10)6(8)4-2/h5,8H,2-4H2,1H3,(H,9,10). The van der Waals surface area contributed by atoms with Gasteiger partial charge in [-0.25, -0.2) is 0 Å². The van der Waals surface area contributed by atoms with Crippen molar-refractivity contribution in [1.29, 1.82) is 5.41 Å². The lowest BCUT2D eigenvalue weighted by molar-refractivity contribution is -0.139. The summed E-state index contributed by atoms with van der Waals surface area (Å²) in [6.45, 7) is 5.20. The molecule has 0 aliphatic rings. The summed E-state index contributed by atoms with van der Waals surface area (Å²) in [7, 11) is 0. The zero-order valence-electron chi connectivity index (χ0n) is 6.05. The SMILES string of the molecule is [CH2]CC(=N)C(CC)C(=O)O. The minimum atomic E-state index is -0.920. The molecule has 0 rings (SSSR count). The van der Waals surface area contributed by atoms with E-state index >= 15 is 0 Å². The van der Waals surface area contributed by atoms with Crippen molar-refractivity contribution < 1.29 is 9.90 Å². The molecule has 0 aromatic rings. The summed E-state index contributed by atoms with van der Waals surface area (Å²) < 4.78 is 0. The van der Waals surface area contributed by atoms with Crippen LogP contribution in [-0.2, 0) is 4.79 Å². The average Bonchev–Trinajstić information content (AvgIpc) is 1.88. The van der Waals surface area contributed by atoms with E-state index in [-0.39, 0.29) is 12.1 Å². The van der Waals surface area contributed by atoms with Gasteiger partial charge < -0.3 is 10.5 Å². The van der Waals surface area contributed by atoms with Gasteiger partial charge in [0.2, 0.25) is 0 Å². The Bertz CT molecular complexity index is 143. The molecule has 1 radical (unpaired) electrons. The first-order chi connectivity index (χ1) is 4.63. The minimum Gasteiger partial charge on any atom is -0.481 e. The van der Waals surface area contributed by atoms with Gasteiger partial charge in [0.15, 0.2) is 0 Å². The Kier molecular flexibility index (Phi) is 3.69. The third kappa shape index (κ3) is 2.17. The fraction of sp³-hybridized carbons (Fsp3) is 0.571. The molecule has 0 fully saturated rings. The van der Waals surface area contributed by atoms with Crippen LogP contribution in [-0.4, -0.2) is 16.8 Å². The second-order valence-corrected chi connectivity index (χ2v) is 2.07. The Labute approximate surface area is 60.6 Å². The first-order valence-corrected chi connectivity index (χ1v) is 3.22. The van der Waals surface area contributed by atoms with E-state index in [1.54, 1.807) is 6.92 Å². The van der Waals surface area contributed by atoms with Gasteiger partial charge in [0.25, 0.3) is 0 Å². The first-order valence-electron chi connectivity index (χ1n) is 3.22. The van der Waals surface area contributed by atoms with Crippen molar-refractivity contribution in [1.82, 2.24) is 0 Å². The molecule has 0 aliphatic carbocycles. The molecule has 0 saturated carbocycles. The van der Waals surface area contributed by atoms with Crippen LogP contribution in [0.3, 0.4) is 0 Å². The third-order valence-electron chi connectivity index (χ3n) is 1.40. The summed E-state index contributed by atoms with van der Waals surface area (Å²) in [4.78, 5) is 10.4. The molecular formula is C7H12NO2. The van der Waals surface area contributed by atoms with E-state index in [0.29, 0.717) is 6.42 Å². The quantitative estimate of drug-likeness (QED) is 0.582. The summed E-state index contributed by atoms with van der Waals surface area (Å²) in [5.74, 6) is -1.55. The number of rotatable bonds is 4. The highest BCUT2D eigenvalue weighted by molar-refractivity contribution is 5.99. The number of aliphatic carboxylic acids is 1. The first kappa shape index (κ1) is 9.14. The zero-order chi connectivity index (χ0) is 8.15. The normalized spacial score (nSPS) is 12.6. The van der Waals surface area contributed by atoms with E-state index in [9.17, 15) is 4.79 Å². The smallest absolute Gasteiger partial charge is 0.312 e. The van der Waals surface area contributed by atoms with Gasteiger partial charge in [-0.3, -0.25) is 4.79 Å². The van der Waals surface area contributed by atoms with Crippen molar-refractivity contribution in [3.8, 4) is 0 Å². The van der Waals surface area contributed by atoms with Crippen molar-refractivity contribution >= 4 is 11.7 Å². The van der Waals surface area contributed by atoms with Gasteiger partial charge in [0, 0.05) is 5.71 Å². The number of nitrogens with one attached hydrogen (secondary N) is 1. The summed E-state index contributed by atoms with van der Waals surface area (Å²) in [6, 6.07) is 0. The van der Waals surface area contributed by atoms with Gasteiger partial charge in [0.05, 0.1) is 5.92 Å². The van der Waals surface area contributed by atoms with Crippen molar-refractivity contribution in [2.45, 2.75) is 19.8 Å². The average molecular weight is 142 g/mol. The number of hydrogen-bond donors (Lipinski definition) is 2. The van der Waals surface area contributed by atoms with Crippen LogP contribution in [0.4, 0.5) is 0 Å². The predicted octanol–water partition coefficient (Wildman–Crippen LogP) is 1.34. The van der Waals surface area contributed by atoms with E-state index in [1.165, 1.54) is 0 Å². The van der Waals surface area contributed by atoms with Crippen LogP contribution in [0.2, 0.25) is 0 Å². The molecular weight excluding hydrogens is 130 g/mol. The van der Waals surface area contributed by atoms with Crippen LogP contribution >= 0.6 is 0 Å². The maximum atomic E-state index is 10.4. The van der Waals surface area contributed by atoms with E-state index < -0.39 is 11.9 Å². The summed E-state index contributed by atoms with van der Waals surface area (Å²) in [5, 5.41) is 15.7. The molecule has 3 heteroatoms.